The molecule has 0 aliphatic rings. The average Bonchev–Trinajstić information content (AvgIpc) is 3.30. The minimum absolute atomic E-state index is 0.0866. The number of ether oxygens (including phenoxy) is 3. The quantitative estimate of drug-likeness (QED) is 0.0262. The Morgan fingerprint density at radius 3 is 1.02 bits per heavy atom. The van der Waals surface area contributed by atoms with Gasteiger partial charge in [0.1, 0.15) is 13.2 Å². The Kier molecular flexibility index (Phi) is 49.1. The molecule has 0 saturated carbocycles. The Bertz CT molecular complexity index is 1400. The summed E-state index contributed by atoms with van der Waals surface area (Å²) in [6.07, 6.45) is 72.0. The van der Waals surface area contributed by atoms with Crippen LogP contribution in [0.15, 0.2) is 122 Å². The van der Waals surface area contributed by atoms with E-state index >= 15 is 0 Å². The minimum atomic E-state index is -0.846. The van der Waals surface area contributed by atoms with Crippen molar-refractivity contribution in [2.75, 3.05) is 13.2 Å². The molecule has 0 N–H and O–H groups in total. The highest BCUT2D eigenvalue weighted by Crippen LogP contribution is 2.13. The van der Waals surface area contributed by atoms with Gasteiger partial charge < -0.3 is 14.2 Å². The van der Waals surface area contributed by atoms with Crippen molar-refractivity contribution in [2.24, 2.45) is 0 Å². The highest BCUT2D eigenvalue weighted by atomic mass is 16.6. The second kappa shape index (κ2) is 52.4. The van der Waals surface area contributed by atoms with Crippen LogP contribution in [-0.4, -0.2) is 37.2 Å². The standard InChI is InChI=1S/C59H94O6/c1-4-7-10-13-16-19-22-25-28-29-32-34-37-40-43-46-49-52-58(61)64-55-56(65-59(62)53-50-47-44-41-38-35-31-27-24-21-18-15-12-9-6-3)54-63-57(60)51-48-45-42-39-36-33-30-26-23-20-17-14-11-8-5-2/h8-9,11-12,16-21,25-28,30-31,38,41,47,50,56H,4-7,10,13-15,22-24,29,32-37,39-40,42-46,48-49,51-55H2,1-3H3/b11-8-,12-9-,19-16-,20-17-,21-18-,28-25-,30-26-,31-27-,41-38-,50-47-. The van der Waals surface area contributed by atoms with Crippen molar-refractivity contribution in [1.82, 2.24) is 0 Å². The van der Waals surface area contributed by atoms with Crippen LogP contribution in [0.2, 0.25) is 0 Å². The molecule has 1 atom stereocenters. The van der Waals surface area contributed by atoms with Gasteiger partial charge in [0.2, 0.25) is 0 Å². The van der Waals surface area contributed by atoms with Gasteiger partial charge in [-0.05, 0) is 109 Å². The van der Waals surface area contributed by atoms with Crippen molar-refractivity contribution in [1.29, 1.82) is 0 Å². The number of allylic oxidation sites excluding steroid dienone is 19. The lowest BCUT2D eigenvalue weighted by atomic mass is 10.1. The van der Waals surface area contributed by atoms with Crippen molar-refractivity contribution in [2.45, 2.75) is 219 Å². The van der Waals surface area contributed by atoms with Gasteiger partial charge in [-0.15, -0.1) is 0 Å². The highest BCUT2D eigenvalue weighted by Gasteiger charge is 2.19. The first-order valence-corrected chi connectivity index (χ1v) is 26.0. The third kappa shape index (κ3) is 50.7. The lowest BCUT2D eigenvalue weighted by Gasteiger charge is -2.18. The molecular weight excluding hydrogens is 805 g/mol. The van der Waals surface area contributed by atoms with Crippen molar-refractivity contribution >= 4 is 17.9 Å². The number of carbonyl (C=O) groups excluding carboxylic acids is 3. The molecule has 0 bridgehead atoms. The van der Waals surface area contributed by atoms with E-state index in [2.05, 4.69) is 130 Å². The summed E-state index contributed by atoms with van der Waals surface area (Å²) in [5, 5.41) is 0. The fourth-order valence-electron chi connectivity index (χ4n) is 6.62. The molecule has 1 unspecified atom stereocenters. The van der Waals surface area contributed by atoms with Gasteiger partial charge in [0.15, 0.2) is 6.10 Å². The summed E-state index contributed by atoms with van der Waals surface area (Å²) in [5.74, 6) is -1.09. The first-order valence-electron chi connectivity index (χ1n) is 26.0. The highest BCUT2D eigenvalue weighted by molar-refractivity contribution is 5.72. The number of hydrogen-bond acceptors (Lipinski definition) is 6. The lowest BCUT2D eigenvalue weighted by molar-refractivity contribution is -0.166. The van der Waals surface area contributed by atoms with E-state index in [1.807, 2.05) is 6.08 Å². The van der Waals surface area contributed by atoms with Gasteiger partial charge in [0.25, 0.3) is 0 Å². The van der Waals surface area contributed by atoms with Crippen molar-refractivity contribution in [3.05, 3.63) is 122 Å². The van der Waals surface area contributed by atoms with Crippen LogP contribution >= 0.6 is 0 Å². The molecule has 6 heteroatoms. The van der Waals surface area contributed by atoms with E-state index in [-0.39, 0.29) is 31.6 Å². The molecule has 0 spiro atoms. The summed E-state index contributed by atoms with van der Waals surface area (Å²) in [7, 11) is 0. The van der Waals surface area contributed by atoms with E-state index in [9.17, 15) is 14.4 Å². The Hall–Kier alpha value is -4.19. The SMILES string of the molecule is CC/C=C\C/C=C\C/C=C\C/C=C\C/C=C\CC(=O)OC(COC(=O)CCCCCCC/C=C\C/C=C\C/C=C\CC)COC(=O)CCCCCCCCC/C=C\C/C=C\CCCCC. The number of unbranched alkanes of at least 4 members (excludes halogenated alkanes) is 15. The first kappa shape index (κ1) is 60.8. The normalized spacial score (nSPS) is 13.1. The molecule has 0 saturated heterocycles. The molecule has 0 radical (unpaired) electrons. The Morgan fingerprint density at radius 1 is 0.338 bits per heavy atom. The predicted molar refractivity (Wildman–Crippen MR) is 279 cm³/mol. The van der Waals surface area contributed by atoms with E-state index in [1.54, 1.807) is 6.08 Å². The number of rotatable bonds is 45. The van der Waals surface area contributed by atoms with Crippen LogP contribution in [0.1, 0.15) is 213 Å². The van der Waals surface area contributed by atoms with Gasteiger partial charge in [0, 0.05) is 12.8 Å². The molecule has 0 aromatic heterocycles. The monoisotopic (exact) mass is 899 g/mol. The number of esters is 3. The maximum absolute atomic E-state index is 12.7. The van der Waals surface area contributed by atoms with E-state index in [4.69, 9.17) is 14.2 Å². The van der Waals surface area contributed by atoms with Crippen LogP contribution < -0.4 is 0 Å². The van der Waals surface area contributed by atoms with Crippen molar-refractivity contribution < 1.29 is 28.6 Å². The lowest BCUT2D eigenvalue weighted by Crippen LogP contribution is -2.30. The molecule has 0 aromatic rings. The number of hydrogen-bond donors (Lipinski definition) is 0. The van der Waals surface area contributed by atoms with Crippen molar-refractivity contribution in [3.63, 3.8) is 0 Å². The van der Waals surface area contributed by atoms with Crippen LogP contribution in [0.25, 0.3) is 0 Å². The molecular formula is C59H94O6. The summed E-state index contributed by atoms with van der Waals surface area (Å²) < 4.78 is 16.7. The Balaban J connectivity index is 4.56. The zero-order valence-corrected chi connectivity index (χ0v) is 41.7. The zero-order chi connectivity index (χ0) is 47.2. The van der Waals surface area contributed by atoms with Crippen LogP contribution in [0, 0.1) is 0 Å². The van der Waals surface area contributed by atoms with E-state index in [1.165, 1.54) is 51.4 Å². The summed E-state index contributed by atoms with van der Waals surface area (Å²) >= 11 is 0. The molecule has 0 heterocycles. The second-order valence-electron chi connectivity index (χ2n) is 16.7. The molecule has 0 rings (SSSR count). The average molecular weight is 899 g/mol. The third-order valence-corrected chi connectivity index (χ3v) is 10.5. The minimum Gasteiger partial charge on any atom is -0.462 e. The molecule has 0 aliphatic heterocycles. The Labute approximate surface area is 399 Å². The molecule has 0 fully saturated rings. The zero-order valence-electron chi connectivity index (χ0n) is 41.7. The largest absolute Gasteiger partial charge is 0.462 e. The third-order valence-electron chi connectivity index (χ3n) is 10.5. The van der Waals surface area contributed by atoms with Crippen LogP contribution in [0.3, 0.4) is 0 Å². The first-order chi connectivity index (χ1) is 32.0. The fraction of sp³-hybridized carbons (Fsp3) is 0.610. The molecule has 0 amide bonds. The van der Waals surface area contributed by atoms with Gasteiger partial charge in [-0.2, -0.15) is 0 Å². The van der Waals surface area contributed by atoms with Gasteiger partial charge in [-0.25, -0.2) is 0 Å². The van der Waals surface area contributed by atoms with E-state index in [0.29, 0.717) is 19.3 Å². The summed E-state index contributed by atoms with van der Waals surface area (Å²) in [4.78, 5) is 38.0. The number of carbonyl (C=O) groups is 3. The van der Waals surface area contributed by atoms with Crippen molar-refractivity contribution in [3.8, 4) is 0 Å². The topological polar surface area (TPSA) is 78.9 Å². The predicted octanol–water partition coefficient (Wildman–Crippen LogP) is 17.3. The van der Waals surface area contributed by atoms with E-state index < -0.39 is 12.1 Å². The fourth-order valence-corrected chi connectivity index (χ4v) is 6.62. The summed E-state index contributed by atoms with van der Waals surface area (Å²) in [5.41, 5.74) is 0. The molecule has 0 aromatic carbocycles. The Morgan fingerprint density at radius 2 is 0.646 bits per heavy atom. The molecule has 0 aliphatic carbocycles. The van der Waals surface area contributed by atoms with Crippen LogP contribution in [-0.2, 0) is 28.6 Å². The smallest absolute Gasteiger partial charge is 0.310 e. The summed E-state index contributed by atoms with van der Waals surface area (Å²) in [6.45, 7) is 6.26. The van der Waals surface area contributed by atoms with Gasteiger partial charge in [-0.1, -0.05) is 206 Å². The van der Waals surface area contributed by atoms with Gasteiger partial charge in [-0.3, -0.25) is 14.4 Å². The maximum Gasteiger partial charge on any atom is 0.310 e. The molecule has 6 nitrogen and oxygen atoms in total. The van der Waals surface area contributed by atoms with Crippen LogP contribution in [0.5, 0.6) is 0 Å². The van der Waals surface area contributed by atoms with Gasteiger partial charge >= 0.3 is 17.9 Å². The maximum atomic E-state index is 12.7. The van der Waals surface area contributed by atoms with Crippen LogP contribution in [0.4, 0.5) is 0 Å². The van der Waals surface area contributed by atoms with Gasteiger partial charge in [0.05, 0.1) is 6.42 Å². The summed E-state index contributed by atoms with van der Waals surface area (Å²) in [6, 6.07) is 0. The second-order valence-corrected chi connectivity index (χ2v) is 16.7. The van der Waals surface area contributed by atoms with E-state index in [0.717, 1.165) is 116 Å². The molecule has 65 heavy (non-hydrogen) atoms. The molecule has 366 valence electrons.